The lowest BCUT2D eigenvalue weighted by molar-refractivity contribution is 0.668. The van der Waals surface area contributed by atoms with Crippen molar-refractivity contribution in [2.45, 2.75) is 0 Å². The van der Waals surface area contributed by atoms with Crippen LogP contribution in [0, 0.1) is 0 Å². The van der Waals surface area contributed by atoms with Crippen LogP contribution in [0.3, 0.4) is 0 Å². The van der Waals surface area contributed by atoms with Crippen molar-refractivity contribution >= 4 is 110 Å². The van der Waals surface area contributed by atoms with Crippen LogP contribution in [0.2, 0.25) is 0 Å². The maximum atomic E-state index is 6.42. The van der Waals surface area contributed by atoms with Crippen molar-refractivity contribution in [2.75, 3.05) is 9.80 Å². The molecule has 0 spiro atoms. The number of hydrogen-bond acceptors (Lipinski definition) is 6. The van der Waals surface area contributed by atoms with Gasteiger partial charge in [-0.15, -0.1) is 11.3 Å². The number of nitrogens with zero attached hydrogens (tertiary/aromatic N) is 3. The fraction of sp³-hybridized carbons (Fsp3) is 0. The number of benzene rings is 9. The van der Waals surface area contributed by atoms with Gasteiger partial charge in [0.15, 0.2) is 0 Å². The Balaban J connectivity index is 0.929. The van der Waals surface area contributed by atoms with Gasteiger partial charge in [-0.05, 0) is 107 Å². The van der Waals surface area contributed by atoms with Gasteiger partial charge in [-0.3, -0.25) is 4.98 Å². The van der Waals surface area contributed by atoms with Crippen LogP contribution >= 0.6 is 11.3 Å². The Kier molecular flexibility index (Phi) is 8.64. The third kappa shape index (κ3) is 6.42. The molecule has 4 heterocycles. The van der Waals surface area contributed by atoms with E-state index in [9.17, 15) is 0 Å². The Morgan fingerprint density at radius 1 is 0.308 bits per heavy atom. The molecule has 6 heteroatoms. The van der Waals surface area contributed by atoms with Crippen molar-refractivity contribution in [3.05, 3.63) is 225 Å². The van der Waals surface area contributed by atoms with Crippen LogP contribution in [0.1, 0.15) is 0 Å². The quantitative estimate of drug-likeness (QED) is 0.152. The number of fused-ring (bicyclic) bond motifs is 9. The van der Waals surface area contributed by atoms with E-state index in [1.54, 1.807) is 11.3 Å². The van der Waals surface area contributed by atoms with E-state index in [0.717, 1.165) is 104 Å². The first kappa shape index (κ1) is 37.1. The van der Waals surface area contributed by atoms with Crippen LogP contribution in [-0.4, -0.2) is 4.98 Å². The van der Waals surface area contributed by atoms with Gasteiger partial charge in [0.2, 0.25) is 0 Å². The number of thiophene rings is 1. The number of anilines is 6. The fourth-order valence-electron chi connectivity index (χ4n) is 9.35. The summed E-state index contributed by atoms with van der Waals surface area (Å²) in [5.74, 6) is 0. The zero-order chi connectivity index (χ0) is 42.8. The van der Waals surface area contributed by atoms with Gasteiger partial charge in [0.05, 0.1) is 22.1 Å². The highest BCUT2D eigenvalue weighted by atomic mass is 32.1. The molecule has 9 aromatic carbocycles. The molecule has 65 heavy (non-hydrogen) atoms. The van der Waals surface area contributed by atoms with E-state index < -0.39 is 0 Å². The molecule has 0 amide bonds. The molecular weight excluding hydrogens is 815 g/mol. The van der Waals surface area contributed by atoms with Crippen molar-refractivity contribution < 1.29 is 8.83 Å². The zero-order valence-electron chi connectivity index (χ0n) is 34.9. The third-order valence-corrected chi connectivity index (χ3v) is 13.6. The van der Waals surface area contributed by atoms with Gasteiger partial charge >= 0.3 is 0 Å². The van der Waals surface area contributed by atoms with Gasteiger partial charge in [-0.1, -0.05) is 121 Å². The second-order valence-electron chi connectivity index (χ2n) is 16.4. The average Bonchev–Trinajstić information content (AvgIpc) is 4.05. The Morgan fingerprint density at radius 2 is 0.708 bits per heavy atom. The van der Waals surface area contributed by atoms with Gasteiger partial charge < -0.3 is 18.6 Å². The van der Waals surface area contributed by atoms with E-state index in [1.807, 2.05) is 30.5 Å². The highest BCUT2D eigenvalue weighted by Crippen LogP contribution is 2.45. The Labute approximate surface area is 378 Å². The molecule has 0 N–H and O–H groups in total. The van der Waals surface area contributed by atoms with Crippen molar-refractivity contribution in [2.24, 2.45) is 0 Å². The van der Waals surface area contributed by atoms with Gasteiger partial charge in [-0.25, -0.2) is 0 Å². The molecule has 0 aliphatic carbocycles. The second-order valence-corrected chi connectivity index (χ2v) is 17.5. The predicted molar refractivity (Wildman–Crippen MR) is 272 cm³/mol. The van der Waals surface area contributed by atoms with Crippen LogP contribution in [0.25, 0.3) is 86.4 Å². The number of furan rings is 2. The summed E-state index contributed by atoms with van der Waals surface area (Å²) in [5.41, 5.74) is 15.2. The van der Waals surface area contributed by atoms with Gasteiger partial charge in [0, 0.05) is 72.2 Å². The minimum Gasteiger partial charge on any atom is -0.456 e. The van der Waals surface area contributed by atoms with E-state index >= 15 is 0 Å². The van der Waals surface area contributed by atoms with E-state index in [1.165, 1.54) is 16.7 Å². The topological polar surface area (TPSA) is 45.7 Å². The van der Waals surface area contributed by atoms with E-state index in [4.69, 9.17) is 13.8 Å². The number of hydrogen-bond donors (Lipinski definition) is 0. The molecule has 0 unspecified atom stereocenters. The summed E-state index contributed by atoms with van der Waals surface area (Å²) in [6.45, 7) is 0. The SMILES string of the molecule is c1ccc(-c2ccc(N(c3ccc4c(c3)oc3ccccc34)c3ccc4c(c3)sc3cc(N(c5ccc(-c6ccccc6)cc5)c5ccc6c(c5)oc5ccccc56)cnc34)cc2)cc1. The normalized spacial score (nSPS) is 11.7. The lowest BCUT2D eigenvalue weighted by atomic mass is 10.0. The predicted octanol–water partition coefficient (Wildman–Crippen LogP) is 17.5. The van der Waals surface area contributed by atoms with Crippen molar-refractivity contribution in [1.82, 2.24) is 4.98 Å². The first-order chi connectivity index (χ1) is 32.2. The molecule has 13 aromatic rings. The number of aromatic nitrogens is 1. The molecule has 0 aliphatic rings. The van der Waals surface area contributed by atoms with Gasteiger partial charge in [0.1, 0.15) is 22.3 Å². The summed E-state index contributed by atoms with van der Waals surface area (Å²) in [6, 6.07) is 77.1. The Hall–Kier alpha value is -8.45. The second kappa shape index (κ2) is 15.1. The van der Waals surface area contributed by atoms with Crippen LogP contribution < -0.4 is 9.80 Å². The molecule has 0 aliphatic heterocycles. The molecule has 0 bridgehead atoms. The Morgan fingerprint density at radius 3 is 1.25 bits per heavy atom. The summed E-state index contributed by atoms with van der Waals surface area (Å²) in [6.07, 6.45) is 2.00. The number of para-hydroxylation sites is 2. The lowest BCUT2D eigenvalue weighted by Crippen LogP contribution is -2.10. The van der Waals surface area contributed by atoms with Crippen LogP contribution in [0.4, 0.5) is 34.1 Å². The molecule has 306 valence electrons. The Bertz CT molecular complexity index is 3640. The van der Waals surface area contributed by atoms with E-state index in [-0.39, 0.29) is 0 Å². The van der Waals surface area contributed by atoms with Gasteiger partial charge in [-0.2, -0.15) is 0 Å². The summed E-state index contributed by atoms with van der Waals surface area (Å²) in [4.78, 5) is 9.80. The maximum Gasteiger partial charge on any atom is 0.137 e. The maximum absolute atomic E-state index is 6.42. The summed E-state index contributed by atoms with van der Waals surface area (Å²) in [7, 11) is 0. The molecule has 13 rings (SSSR count). The average molecular weight is 852 g/mol. The first-order valence-electron chi connectivity index (χ1n) is 21.7. The van der Waals surface area contributed by atoms with Crippen LogP contribution in [0.5, 0.6) is 0 Å². The van der Waals surface area contributed by atoms with Crippen molar-refractivity contribution in [3.8, 4) is 22.3 Å². The summed E-state index contributed by atoms with van der Waals surface area (Å²) >= 11 is 1.76. The van der Waals surface area contributed by atoms with E-state index in [2.05, 4.69) is 204 Å². The standard InChI is InChI=1S/C59H37N3O2S/c1-3-11-38(12-4-1)40-19-23-42(24-20-40)61(44-27-30-50-48-15-7-9-17-53(48)63-55(50)33-44)46-29-32-52-57(35-46)65-58-36-47(37-60-59(52)58)62(43-25-21-41(22-26-43)39-13-5-2-6-14-39)45-28-31-51-49-16-8-10-18-54(49)64-56(51)34-45/h1-37H. The number of rotatable bonds is 8. The molecule has 0 saturated carbocycles. The van der Waals surface area contributed by atoms with Crippen molar-refractivity contribution in [3.63, 3.8) is 0 Å². The first-order valence-corrected chi connectivity index (χ1v) is 22.6. The smallest absolute Gasteiger partial charge is 0.137 e. The summed E-state index contributed by atoms with van der Waals surface area (Å²) < 4.78 is 15.1. The molecular formula is C59H37N3O2S. The molecule has 0 saturated heterocycles. The van der Waals surface area contributed by atoms with Crippen molar-refractivity contribution in [1.29, 1.82) is 0 Å². The third-order valence-electron chi connectivity index (χ3n) is 12.5. The van der Waals surface area contributed by atoms with Crippen LogP contribution in [-0.2, 0) is 0 Å². The highest BCUT2D eigenvalue weighted by Gasteiger charge is 2.21. The monoisotopic (exact) mass is 851 g/mol. The molecule has 4 aromatic heterocycles. The molecule has 0 fully saturated rings. The largest absolute Gasteiger partial charge is 0.456 e. The summed E-state index contributed by atoms with van der Waals surface area (Å²) in [5, 5.41) is 5.54. The van der Waals surface area contributed by atoms with Gasteiger partial charge in [0.25, 0.3) is 0 Å². The van der Waals surface area contributed by atoms with E-state index in [0.29, 0.717) is 0 Å². The minimum atomic E-state index is 0.844. The molecule has 5 nitrogen and oxygen atoms in total. The highest BCUT2D eigenvalue weighted by molar-refractivity contribution is 7.25. The molecule has 0 radical (unpaired) electrons. The fourth-order valence-corrected chi connectivity index (χ4v) is 10.5. The zero-order valence-corrected chi connectivity index (χ0v) is 35.7. The minimum absolute atomic E-state index is 0.844. The number of pyridine rings is 1. The lowest BCUT2D eigenvalue weighted by Gasteiger charge is -2.26. The molecule has 0 atom stereocenters. The van der Waals surface area contributed by atoms with Crippen LogP contribution in [0.15, 0.2) is 233 Å².